The lowest BCUT2D eigenvalue weighted by molar-refractivity contribution is 0.0792. The van der Waals surface area contributed by atoms with Gasteiger partial charge in [0.2, 0.25) is 5.88 Å². The summed E-state index contributed by atoms with van der Waals surface area (Å²) in [5.41, 5.74) is 0.603. The molecule has 3 rings (SSSR count). The molecule has 0 atom stereocenters. The highest BCUT2D eigenvalue weighted by Gasteiger charge is 2.20. The lowest BCUT2D eigenvalue weighted by Gasteiger charge is -2.14. The van der Waals surface area contributed by atoms with Gasteiger partial charge in [-0.3, -0.25) is 4.79 Å². The normalized spacial score (nSPS) is 13.5. The molecule has 3 heterocycles. The van der Waals surface area contributed by atoms with E-state index in [0.29, 0.717) is 22.4 Å². The summed E-state index contributed by atoms with van der Waals surface area (Å²) in [6, 6.07) is 0. The highest BCUT2D eigenvalue weighted by atomic mass is 35.5. The Kier molecular flexibility index (Phi) is 8.11. The number of methoxy groups -OCH3 is 1. The Morgan fingerprint density at radius 1 is 1.00 bits per heavy atom. The van der Waals surface area contributed by atoms with E-state index in [0.717, 1.165) is 37.6 Å². The van der Waals surface area contributed by atoms with Gasteiger partial charge in [-0.25, -0.2) is 15.0 Å². The van der Waals surface area contributed by atoms with Crippen LogP contribution in [-0.2, 0) is 0 Å². The first kappa shape index (κ1) is 22.0. The first-order valence-corrected chi connectivity index (χ1v) is 9.88. The van der Waals surface area contributed by atoms with Crippen molar-refractivity contribution in [1.29, 1.82) is 0 Å². The van der Waals surface area contributed by atoms with Crippen molar-refractivity contribution in [3.05, 3.63) is 40.8 Å². The van der Waals surface area contributed by atoms with Gasteiger partial charge in [-0.1, -0.05) is 39.3 Å². The van der Waals surface area contributed by atoms with Crippen molar-refractivity contribution in [3.63, 3.8) is 0 Å². The number of rotatable bonds is 4. The number of aromatic nitrogens is 4. The molecule has 152 valence electrons. The van der Waals surface area contributed by atoms with Crippen LogP contribution in [0, 0.1) is 0 Å². The standard InChI is InChI=1S/C12H17N3O.C8H11ClN2O/c1-9(2)11-13-7-10(8-14-11)12(16)15-5-3-4-6-15;1-5(2)7-10-4-6(9)8(11-7)12-3/h7-9H,3-6H2,1-2H3;4-5H,1-3H3. The van der Waals surface area contributed by atoms with E-state index in [9.17, 15) is 4.79 Å². The molecule has 7 nitrogen and oxygen atoms in total. The maximum absolute atomic E-state index is 12.0. The van der Waals surface area contributed by atoms with Gasteiger partial charge in [0, 0.05) is 37.3 Å². The molecule has 0 saturated carbocycles. The lowest BCUT2D eigenvalue weighted by atomic mass is 10.2. The summed E-state index contributed by atoms with van der Waals surface area (Å²) in [5.74, 6) is 2.63. The first-order chi connectivity index (χ1) is 13.3. The van der Waals surface area contributed by atoms with Crippen molar-refractivity contribution in [2.45, 2.75) is 52.4 Å². The summed E-state index contributed by atoms with van der Waals surface area (Å²) in [7, 11) is 1.54. The van der Waals surface area contributed by atoms with Crippen molar-refractivity contribution in [3.8, 4) is 5.88 Å². The molecule has 28 heavy (non-hydrogen) atoms. The predicted octanol–water partition coefficient (Wildman–Crippen LogP) is 4.10. The van der Waals surface area contributed by atoms with Crippen molar-refractivity contribution in [2.24, 2.45) is 0 Å². The van der Waals surface area contributed by atoms with E-state index in [-0.39, 0.29) is 11.8 Å². The molecule has 1 saturated heterocycles. The molecular weight excluding hydrogens is 378 g/mol. The Morgan fingerprint density at radius 3 is 2.04 bits per heavy atom. The van der Waals surface area contributed by atoms with Crippen molar-refractivity contribution >= 4 is 17.5 Å². The van der Waals surface area contributed by atoms with Gasteiger partial charge in [0.15, 0.2) is 0 Å². The molecule has 1 amide bonds. The molecule has 0 N–H and O–H groups in total. The number of nitrogens with zero attached hydrogens (tertiary/aromatic N) is 5. The van der Waals surface area contributed by atoms with Crippen LogP contribution in [0.25, 0.3) is 0 Å². The van der Waals surface area contributed by atoms with E-state index in [1.165, 1.54) is 0 Å². The van der Waals surface area contributed by atoms with Crippen LogP contribution in [0.15, 0.2) is 18.6 Å². The van der Waals surface area contributed by atoms with Gasteiger partial charge < -0.3 is 9.64 Å². The Bertz CT molecular complexity index is 775. The van der Waals surface area contributed by atoms with Crippen LogP contribution in [0.2, 0.25) is 5.02 Å². The molecule has 1 aliphatic heterocycles. The molecule has 2 aromatic heterocycles. The number of amides is 1. The van der Waals surface area contributed by atoms with Crippen molar-refractivity contribution in [1.82, 2.24) is 24.8 Å². The predicted molar refractivity (Wildman–Crippen MR) is 109 cm³/mol. The van der Waals surface area contributed by atoms with Crippen LogP contribution in [0.4, 0.5) is 0 Å². The summed E-state index contributed by atoms with van der Waals surface area (Å²) in [4.78, 5) is 30.5. The number of hydrogen-bond donors (Lipinski definition) is 0. The zero-order valence-electron chi connectivity index (χ0n) is 17.1. The zero-order valence-corrected chi connectivity index (χ0v) is 17.9. The smallest absolute Gasteiger partial charge is 0.256 e. The van der Waals surface area contributed by atoms with Crippen LogP contribution in [0.1, 0.15) is 74.4 Å². The summed E-state index contributed by atoms with van der Waals surface area (Å²) >= 11 is 5.75. The Morgan fingerprint density at radius 2 is 1.54 bits per heavy atom. The minimum Gasteiger partial charge on any atom is -0.480 e. The fraction of sp³-hybridized carbons (Fsp3) is 0.550. The van der Waals surface area contributed by atoms with Gasteiger partial charge in [0.05, 0.1) is 18.9 Å². The second-order valence-corrected chi connectivity index (χ2v) is 7.63. The van der Waals surface area contributed by atoms with Gasteiger partial charge >= 0.3 is 0 Å². The number of carbonyl (C=O) groups is 1. The van der Waals surface area contributed by atoms with Gasteiger partial charge in [0.1, 0.15) is 16.7 Å². The molecule has 0 unspecified atom stereocenters. The molecule has 0 spiro atoms. The van der Waals surface area contributed by atoms with Crippen LogP contribution in [0.3, 0.4) is 0 Å². The zero-order chi connectivity index (χ0) is 20.7. The highest BCUT2D eigenvalue weighted by molar-refractivity contribution is 6.31. The molecular formula is C20H28ClN5O2. The van der Waals surface area contributed by atoms with E-state index >= 15 is 0 Å². The number of hydrogen-bond acceptors (Lipinski definition) is 6. The fourth-order valence-corrected chi connectivity index (χ4v) is 2.80. The maximum atomic E-state index is 12.0. The highest BCUT2D eigenvalue weighted by Crippen LogP contribution is 2.22. The second kappa shape index (κ2) is 10.3. The van der Waals surface area contributed by atoms with E-state index < -0.39 is 0 Å². The Balaban J connectivity index is 0.000000209. The molecule has 0 bridgehead atoms. The molecule has 1 aliphatic rings. The van der Waals surface area contributed by atoms with E-state index in [4.69, 9.17) is 16.3 Å². The third-order valence-electron chi connectivity index (χ3n) is 4.27. The number of halogens is 1. The minimum atomic E-state index is 0.0628. The summed E-state index contributed by atoms with van der Waals surface area (Å²) in [5, 5.41) is 0.446. The monoisotopic (exact) mass is 405 g/mol. The summed E-state index contributed by atoms with van der Waals surface area (Å²) in [6.45, 7) is 9.84. The third-order valence-corrected chi connectivity index (χ3v) is 4.53. The van der Waals surface area contributed by atoms with E-state index in [1.807, 2.05) is 32.6 Å². The topological polar surface area (TPSA) is 81.1 Å². The average Bonchev–Trinajstić information content (AvgIpc) is 3.23. The number of likely N-dealkylation sites (tertiary alicyclic amines) is 1. The second-order valence-electron chi connectivity index (χ2n) is 7.22. The molecule has 1 fully saturated rings. The largest absolute Gasteiger partial charge is 0.480 e. The van der Waals surface area contributed by atoms with Gasteiger partial charge in [-0.05, 0) is 12.8 Å². The summed E-state index contributed by atoms with van der Waals surface area (Å²) < 4.78 is 4.95. The fourth-order valence-electron chi connectivity index (χ4n) is 2.64. The number of ether oxygens (including phenoxy) is 1. The lowest BCUT2D eigenvalue weighted by Crippen LogP contribution is -2.27. The quantitative estimate of drug-likeness (QED) is 0.761. The maximum Gasteiger partial charge on any atom is 0.256 e. The van der Waals surface area contributed by atoms with Gasteiger partial charge in [-0.2, -0.15) is 4.98 Å². The van der Waals surface area contributed by atoms with Crippen LogP contribution < -0.4 is 4.74 Å². The summed E-state index contributed by atoms with van der Waals surface area (Å²) in [6.07, 6.45) is 7.06. The molecule has 8 heteroatoms. The van der Waals surface area contributed by atoms with Crippen LogP contribution in [0.5, 0.6) is 5.88 Å². The number of carbonyl (C=O) groups excluding carboxylic acids is 1. The molecule has 0 radical (unpaired) electrons. The van der Waals surface area contributed by atoms with Gasteiger partial charge in [0.25, 0.3) is 5.91 Å². The van der Waals surface area contributed by atoms with Crippen LogP contribution >= 0.6 is 11.6 Å². The minimum absolute atomic E-state index is 0.0628. The Labute approximate surface area is 171 Å². The SMILES string of the molecule is CC(C)c1ncc(C(=O)N2CCCC2)cn1.COc1nc(C(C)C)ncc1Cl. The molecule has 2 aromatic rings. The first-order valence-electron chi connectivity index (χ1n) is 9.51. The third kappa shape index (κ3) is 5.86. The van der Waals surface area contributed by atoms with Crippen molar-refractivity contribution < 1.29 is 9.53 Å². The average molecular weight is 406 g/mol. The van der Waals surface area contributed by atoms with Crippen LogP contribution in [-0.4, -0.2) is 50.9 Å². The van der Waals surface area contributed by atoms with E-state index in [1.54, 1.807) is 25.7 Å². The van der Waals surface area contributed by atoms with Gasteiger partial charge in [-0.15, -0.1) is 0 Å². The van der Waals surface area contributed by atoms with E-state index in [2.05, 4.69) is 19.9 Å². The molecule has 0 aromatic carbocycles. The van der Waals surface area contributed by atoms with Crippen molar-refractivity contribution in [2.75, 3.05) is 20.2 Å². The molecule has 0 aliphatic carbocycles. The Hall–Kier alpha value is -2.28.